The molecule has 0 saturated heterocycles. The second-order valence-corrected chi connectivity index (χ2v) is 5.77. The summed E-state index contributed by atoms with van der Waals surface area (Å²) in [7, 11) is 0. The fourth-order valence-electron chi connectivity index (χ4n) is 2.84. The van der Waals surface area contributed by atoms with Crippen LogP contribution >= 0.6 is 11.6 Å². The van der Waals surface area contributed by atoms with Gasteiger partial charge in [-0.05, 0) is 32.0 Å². The maximum Gasteiger partial charge on any atom is 0.338 e. The van der Waals surface area contributed by atoms with E-state index in [0.717, 1.165) is 0 Å². The summed E-state index contributed by atoms with van der Waals surface area (Å²) in [4.78, 5) is 11.9. The summed E-state index contributed by atoms with van der Waals surface area (Å²) in [5, 5.41) is 10.1. The van der Waals surface area contributed by atoms with Crippen molar-refractivity contribution in [3.63, 3.8) is 0 Å². The van der Waals surface area contributed by atoms with E-state index in [9.17, 15) is 9.90 Å². The minimum atomic E-state index is -1.00. The number of carboxylic acids is 1. The van der Waals surface area contributed by atoms with Crippen molar-refractivity contribution >= 4 is 23.1 Å². The van der Waals surface area contributed by atoms with Gasteiger partial charge in [-0.25, -0.2) is 4.79 Å². The van der Waals surface area contributed by atoms with Gasteiger partial charge in [0.25, 0.3) is 0 Å². The highest BCUT2D eigenvalue weighted by molar-refractivity contribution is 6.32. The van der Waals surface area contributed by atoms with E-state index in [0.29, 0.717) is 46.4 Å². The van der Waals surface area contributed by atoms with Gasteiger partial charge >= 0.3 is 5.97 Å². The first-order valence-electron chi connectivity index (χ1n) is 7.99. The standard InChI is InChI=1S/C19H18ClNO4/c1-3-24-16-10-17(25-4-2)14(20)9-12(16)13-11-21-8-6-5-7-15(21)18(13)19(22)23/h5-11H,3-4H2,1-2H3,(H,22,23). The number of aromatic carboxylic acids is 1. The summed E-state index contributed by atoms with van der Waals surface area (Å²) in [5.41, 5.74) is 1.99. The summed E-state index contributed by atoms with van der Waals surface area (Å²) >= 11 is 6.33. The maximum atomic E-state index is 11.9. The number of halogens is 1. The zero-order chi connectivity index (χ0) is 18.0. The summed E-state index contributed by atoms with van der Waals surface area (Å²) in [6.07, 6.45) is 3.58. The van der Waals surface area contributed by atoms with Gasteiger partial charge in [0.2, 0.25) is 0 Å². The molecule has 0 aliphatic carbocycles. The van der Waals surface area contributed by atoms with Gasteiger partial charge in [0.1, 0.15) is 11.5 Å². The lowest BCUT2D eigenvalue weighted by Crippen LogP contribution is -2.01. The van der Waals surface area contributed by atoms with Crippen LogP contribution in [0.3, 0.4) is 0 Å². The predicted molar refractivity (Wildman–Crippen MR) is 97.1 cm³/mol. The molecular formula is C19H18ClNO4. The second-order valence-electron chi connectivity index (χ2n) is 5.36. The van der Waals surface area contributed by atoms with E-state index in [1.807, 2.05) is 26.1 Å². The average Bonchev–Trinajstić information content (AvgIpc) is 2.97. The highest BCUT2D eigenvalue weighted by Crippen LogP contribution is 2.41. The second kappa shape index (κ2) is 7.07. The third-order valence-corrected chi connectivity index (χ3v) is 4.12. The fraction of sp³-hybridized carbons (Fsp3) is 0.211. The molecule has 5 nitrogen and oxygen atoms in total. The number of rotatable bonds is 6. The SMILES string of the molecule is CCOc1cc(OCC)c(-c2cn3ccccc3c2C(=O)O)cc1Cl. The van der Waals surface area contributed by atoms with Crippen molar-refractivity contribution in [2.24, 2.45) is 0 Å². The largest absolute Gasteiger partial charge is 0.493 e. The number of carboxylic acid groups (broad SMARTS) is 1. The van der Waals surface area contributed by atoms with Gasteiger partial charge in [-0.15, -0.1) is 0 Å². The number of benzene rings is 1. The molecule has 0 radical (unpaired) electrons. The van der Waals surface area contributed by atoms with Crippen LogP contribution in [-0.2, 0) is 0 Å². The molecule has 1 N–H and O–H groups in total. The van der Waals surface area contributed by atoms with Crippen LogP contribution in [0.25, 0.3) is 16.6 Å². The minimum absolute atomic E-state index is 0.210. The van der Waals surface area contributed by atoms with Gasteiger partial charge < -0.3 is 19.0 Å². The molecule has 0 unspecified atom stereocenters. The van der Waals surface area contributed by atoms with Crippen molar-refractivity contribution in [1.29, 1.82) is 0 Å². The van der Waals surface area contributed by atoms with Crippen LogP contribution in [0, 0.1) is 0 Å². The van der Waals surface area contributed by atoms with E-state index in [1.54, 1.807) is 34.9 Å². The van der Waals surface area contributed by atoms with Crippen LogP contribution in [-0.4, -0.2) is 28.7 Å². The third-order valence-electron chi connectivity index (χ3n) is 3.82. The Balaban J connectivity index is 2.28. The predicted octanol–water partition coefficient (Wildman–Crippen LogP) is 4.76. The topological polar surface area (TPSA) is 60.2 Å². The van der Waals surface area contributed by atoms with Crippen molar-refractivity contribution in [2.45, 2.75) is 13.8 Å². The fourth-order valence-corrected chi connectivity index (χ4v) is 3.06. The minimum Gasteiger partial charge on any atom is -0.493 e. The number of hydrogen-bond donors (Lipinski definition) is 1. The van der Waals surface area contributed by atoms with Crippen LogP contribution in [0.5, 0.6) is 11.5 Å². The summed E-state index contributed by atoms with van der Waals surface area (Å²) in [5.74, 6) is 0.0434. The molecule has 2 heterocycles. The normalized spacial score (nSPS) is 10.8. The average molecular weight is 360 g/mol. The van der Waals surface area contributed by atoms with Crippen molar-refractivity contribution in [1.82, 2.24) is 4.40 Å². The Bertz CT molecular complexity index is 933. The van der Waals surface area contributed by atoms with Crippen LogP contribution in [0.15, 0.2) is 42.7 Å². The molecule has 2 aromatic heterocycles. The van der Waals surface area contributed by atoms with E-state index < -0.39 is 5.97 Å². The van der Waals surface area contributed by atoms with Crippen LogP contribution in [0.4, 0.5) is 0 Å². The Kier molecular flexibility index (Phi) is 4.86. The van der Waals surface area contributed by atoms with E-state index in [-0.39, 0.29) is 5.56 Å². The lowest BCUT2D eigenvalue weighted by atomic mass is 10.0. The molecule has 0 bridgehead atoms. The third kappa shape index (κ3) is 3.15. The molecule has 0 aliphatic rings. The summed E-state index contributed by atoms with van der Waals surface area (Å²) in [6, 6.07) is 8.82. The van der Waals surface area contributed by atoms with Crippen molar-refractivity contribution < 1.29 is 19.4 Å². The number of aromatic nitrogens is 1. The van der Waals surface area contributed by atoms with Crippen molar-refractivity contribution in [3.8, 4) is 22.6 Å². The smallest absolute Gasteiger partial charge is 0.338 e. The Morgan fingerprint density at radius 1 is 1.12 bits per heavy atom. The van der Waals surface area contributed by atoms with Crippen LogP contribution in [0.2, 0.25) is 5.02 Å². The highest BCUT2D eigenvalue weighted by Gasteiger charge is 2.22. The maximum absolute atomic E-state index is 11.9. The molecule has 0 amide bonds. The van der Waals surface area contributed by atoms with E-state index in [4.69, 9.17) is 21.1 Å². The lowest BCUT2D eigenvalue weighted by Gasteiger charge is -2.14. The highest BCUT2D eigenvalue weighted by atomic mass is 35.5. The quantitative estimate of drug-likeness (QED) is 0.689. The van der Waals surface area contributed by atoms with Gasteiger partial charge in [0.05, 0.1) is 29.3 Å². The first-order chi connectivity index (χ1) is 12.1. The van der Waals surface area contributed by atoms with Gasteiger partial charge in [0.15, 0.2) is 0 Å². The number of fused-ring (bicyclic) bond motifs is 1. The first-order valence-corrected chi connectivity index (χ1v) is 8.37. The van der Waals surface area contributed by atoms with Gasteiger partial charge in [0, 0.05) is 29.6 Å². The molecular weight excluding hydrogens is 342 g/mol. The van der Waals surface area contributed by atoms with Crippen molar-refractivity contribution in [3.05, 3.63) is 53.3 Å². The number of nitrogens with zero attached hydrogens (tertiary/aromatic N) is 1. The molecule has 130 valence electrons. The van der Waals surface area contributed by atoms with Gasteiger partial charge in [-0.1, -0.05) is 17.7 Å². The number of ether oxygens (including phenoxy) is 2. The van der Waals surface area contributed by atoms with E-state index >= 15 is 0 Å². The Morgan fingerprint density at radius 2 is 1.84 bits per heavy atom. The molecule has 6 heteroatoms. The number of carbonyl (C=O) groups is 1. The summed E-state index contributed by atoms with van der Waals surface area (Å²) < 4.78 is 13.0. The van der Waals surface area contributed by atoms with Gasteiger partial charge in [-0.3, -0.25) is 0 Å². The molecule has 0 spiro atoms. The number of pyridine rings is 1. The van der Waals surface area contributed by atoms with Crippen molar-refractivity contribution in [2.75, 3.05) is 13.2 Å². The Hall–Kier alpha value is -2.66. The molecule has 25 heavy (non-hydrogen) atoms. The zero-order valence-corrected chi connectivity index (χ0v) is 14.7. The molecule has 3 rings (SSSR count). The van der Waals surface area contributed by atoms with E-state index in [2.05, 4.69) is 0 Å². The number of hydrogen-bond acceptors (Lipinski definition) is 3. The summed E-state index contributed by atoms with van der Waals surface area (Å²) in [6.45, 7) is 4.65. The Morgan fingerprint density at radius 3 is 2.52 bits per heavy atom. The molecule has 0 aliphatic heterocycles. The monoisotopic (exact) mass is 359 g/mol. The zero-order valence-electron chi connectivity index (χ0n) is 14.0. The molecule has 0 fully saturated rings. The molecule has 1 aromatic carbocycles. The molecule has 3 aromatic rings. The van der Waals surface area contributed by atoms with Crippen LogP contribution < -0.4 is 9.47 Å². The lowest BCUT2D eigenvalue weighted by molar-refractivity contribution is 0.0700. The Labute approximate surface area is 150 Å². The van der Waals surface area contributed by atoms with E-state index in [1.165, 1.54) is 0 Å². The molecule has 0 saturated carbocycles. The molecule has 0 atom stereocenters. The van der Waals surface area contributed by atoms with Gasteiger partial charge in [-0.2, -0.15) is 0 Å². The first kappa shape index (κ1) is 17.2. The van der Waals surface area contributed by atoms with Crippen LogP contribution in [0.1, 0.15) is 24.2 Å².